The summed E-state index contributed by atoms with van der Waals surface area (Å²) in [5.41, 5.74) is 0. The molecule has 1 aromatic heterocycles. The summed E-state index contributed by atoms with van der Waals surface area (Å²) in [5.74, 6) is 1.73. The summed E-state index contributed by atoms with van der Waals surface area (Å²) in [4.78, 5) is 10.6. The zero-order valence-corrected chi connectivity index (χ0v) is 16.5. The summed E-state index contributed by atoms with van der Waals surface area (Å²) >= 11 is 0. The van der Waals surface area contributed by atoms with E-state index in [-0.39, 0.29) is 17.5 Å². The Bertz CT molecular complexity index is 871. The Morgan fingerprint density at radius 2 is 1.96 bits per heavy atom. The van der Waals surface area contributed by atoms with Gasteiger partial charge in [0.15, 0.2) is 5.82 Å². The molecule has 1 unspecified atom stereocenters. The molecular formula is C18H24N4O4S. The van der Waals surface area contributed by atoms with Gasteiger partial charge in [0.05, 0.1) is 30.4 Å². The molecule has 2 aromatic rings. The maximum atomic E-state index is 12.8. The second-order valence-electron chi connectivity index (χ2n) is 6.41. The van der Waals surface area contributed by atoms with Crippen LogP contribution in [0.15, 0.2) is 41.6 Å². The number of hydrogen-bond donors (Lipinski definition) is 0. The Balaban J connectivity index is 1.67. The highest BCUT2D eigenvalue weighted by atomic mass is 32.2. The third-order valence-electron chi connectivity index (χ3n) is 4.23. The molecule has 1 fully saturated rings. The number of ether oxygens (including phenoxy) is 2. The quantitative estimate of drug-likeness (QED) is 0.710. The van der Waals surface area contributed by atoms with E-state index >= 15 is 0 Å². The van der Waals surface area contributed by atoms with Gasteiger partial charge < -0.3 is 14.4 Å². The average molecular weight is 392 g/mol. The van der Waals surface area contributed by atoms with Gasteiger partial charge in [-0.1, -0.05) is 0 Å². The zero-order chi connectivity index (χ0) is 19.4. The molecule has 8 nitrogen and oxygen atoms in total. The van der Waals surface area contributed by atoms with E-state index in [1.807, 2.05) is 25.9 Å². The van der Waals surface area contributed by atoms with Gasteiger partial charge in [0.25, 0.3) is 0 Å². The first-order valence-electron chi connectivity index (χ1n) is 8.79. The van der Waals surface area contributed by atoms with E-state index in [0.717, 1.165) is 0 Å². The number of sulfonamides is 1. The highest BCUT2D eigenvalue weighted by Crippen LogP contribution is 2.25. The van der Waals surface area contributed by atoms with Crippen LogP contribution in [0.3, 0.4) is 0 Å². The maximum absolute atomic E-state index is 12.8. The van der Waals surface area contributed by atoms with Gasteiger partial charge in [-0.05, 0) is 37.6 Å². The molecule has 0 bridgehead atoms. The lowest BCUT2D eigenvalue weighted by Crippen LogP contribution is -2.31. The van der Waals surface area contributed by atoms with E-state index in [0.29, 0.717) is 37.0 Å². The van der Waals surface area contributed by atoms with Crippen molar-refractivity contribution >= 4 is 15.8 Å². The molecule has 1 aliphatic rings. The molecule has 2 heterocycles. The van der Waals surface area contributed by atoms with Crippen LogP contribution in [-0.2, 0) is 10.0 Å². The number of nitrogens with zero attached hydrogens (tertiary/aromatic N) is 4. The van der Waals surface area contributed by atoms with E-state index in [2.05, 4.69) is 9.97 Å². The highest BCUT2D eigenvalue weighted by Gasteiger charge is 2.34. The average Bonchev–Trinajstić information content (AvgIpc) is 3.12. The molecule has 1 saturated heterocycles. The van der Waals surface area contributed by atoms with Crippen molar-refractivity contribution in [3.8, 4) is 11.6 Å². The summed E-state index contributed by atoms with van der Waals surface area (Å²) in [5, 5.41) is 0. The van der Waals surface area contributed by atoms with Crippen LogP contribution in [0.5, 0.6) is 11.6 Å². The lowest BCUT2D eigenvalue weighted by molar-refractivity contribution is 0.206. The Hall–Kier alpha value is -2.39. The van der Waals surface area contributed by atoms with Gasteiger partial charge in [0, 0.05) is 20.6 Å². The molecule has 3 rings (SSSR count). The number of benzene rings is 1. The summed E-state index contributed by atoms with van der Waals surface area (Å²) in [7, 11) is 0.175. The highest BCUT2D eigenvalue weighted by molar-refractivity contribution is 7.89. The van der Waals surface area contributed by atoms with Crippen molar-refractivity contribution in [2.75, 3.05) is 38.7 Å². The minimum Gasteiger partial charge on any atom is -0.494 e. The van der Waals surface area contributed by atoms with E-state index in [1.165, 1.54) is 10.5 Å². The van der Waals surface area contributed by atoms with Gasteiger partial charge in [-0.25, -0.2) is 8.42 Å². The van der Waals surface area contributed by atoms with Gasteiger partial charge in [-0.15, -0.1) is 0 Å². The van der Waals surface area contributed by atoms with Crippen molar-refractivity contribution in [1.82, 2.24) is 14.3 Å². The normalized spacial score (nSPS) is 17.7. The Morgan fingerprint density at radius 1 is 1.22 bits per heavy atom. The van der Waals surface area contributed by atoms with Crippen molar-refractivity contribution in [2.45, 2.75) is 24.3 Å². The molecule has 0 aliphatic carbocycles. The molecule has 1 aromatic carbocycles. The van der Waals surface area contributed by atoms with Crippen molar-refractivity contribution in [1.29, 1.82) is 0 Å². The molecule has 0 saturated carbocycles. The summed E-state index contributed by atoms with van der Waals surface area (Å²) in [6.07, 6.45) is 3.53. The van der Waals surface area contributed by atoms with Gasteiger partial charge >= 0.3 is 0 Å². The van der Waals surface area contributed by atoms with Gasteiger partial charge in [0.2, 0.25) is 15.9 Å². The van der Waals surface area contributed by atoms with Crippen LogP contribution in [0, 0.1) is 0 Å². The Labute approximate surface area is 159 Å². The fraction of sp³-hybridized carbons (Fsp3) is 0.444. The van der Waals surface area contributed by atoms with Crippen LogP contribution in [0.25, 0.3) is 0 Å². The van der Waals surface area contributed by atoms with Crippen molar-refractivity contribution < 1.29 is 17.9 Å². The minimum absolute atomic E-state index is 0.251. The maximum Gasteiger partial charge on any atom is 0.243 e. The van der Waals surface area contributed by atoms with Crippen LogP contribution in [0.2, 0.25) is 0 Å². The van der Waals surface area contributed by atoms with Crippen molar-refractivity contribution in [3.63, 3.8) is 0 Å². The predicted molar refractivity (Wildman–Crippen MR) is 102 cm³/mol. The fourth-order valence-corrected chi connectivity index (χ4v) is 4.30. The number of aromatic nitrogens is 2. The molecule has 0 N–H and O–H groups in total. The zero-order valence-electron chi connectivity index (χ0n) is 15.7. The summed E-state index contributed by atoms with van der Waals surface area (Å²) in [6, 6.07) is 6.48. The van der Waals surface area contributed by atoms with Crippen LogP contribution < -0.4 is 14.4 Å². The number of hydrogen-bond acceptors (Lipinski definition) is 7. The molecular weight excluding hydrogens is 368 g/mol. The standard InChI is InChI=1S/C18H24N4O4S/c1-4-25-14-5-7-16(8-6-14)27(23,24)22-10-9-15(13-22)26-18-12-19-11-17(20-18)21(2)3/h5-8,11-12,15H,4,9-10,13H2,1-3H3. The van der Waals surface area contributed by atoms with Crippen LogP contribution >= 0.6 is 0 Å². The molecule has 27 heavy (non-hydrogen) atoms. The first-order chi connectivity index (χ1) is 12.9. The van der Waals surface area contributed by atoms with Crippen molar-refractivity contribution in [2.24, 2.45) is 0 Å². The first-order valence-corrected chi connectivity index (χ1v) is 10.2. The third kappa shape index (κ3) is 4.48. The molecule has 1 aliphatic heterocycles. The molecule has 0 amide bonds. The monoisotopic (exact) mass is 392 g/mol. The topological polar surface area (TPSA) is 84.9 Å². The third-order valence-corrected chi connectivity index (χ3v) is 6.10. The molecule has 0 spiro atoms. The predicted octanol–water partition coefficient (Wildman–Crippen LogP) is 1.78. The lowest BCUT2D eigenvalue weighted by atomic mass is 10.3. The Morgan fingerprint density at radius 3 is 2.63 bits per heavy atom. The van der Waals surface area contributed by atoms with E-state index in [9.17, 15) is 8.42 Å². The molecule has 146 valence electrons. The van der Waals surface area contributed by atoms with Crippen LogP contribution in [0.4, 0.5) is 5.82 Å². The van der Waals surface area contributed by atoms with E-state index < -0.39 is 10.0 Å². The second-order valence-corrected chi connectivity index (χ2v) is 8.34. The smallest absolute Gasteiger partial charge is 0.243 e. The summed E-state index contributed by atoms with van der Waals surface area (Å²) < 4.78 is 38.3. The van der Waals surface area contributed by atoms with E-state index in [4.69, 9.17) is 9.47 Å². The van der Waals surface area contributed by atoms with Crippen LogP contribution in [0.1, 0.15) is 13.3 Å². The van der Waals surface area contributed by atoms with Gasteiger partial charge in [-0.2, -0.15) is 9.29 Å². The Kier molecular flexibility index (Phi) is 5.81. The van der Waals surface area contributed by atoms with Crippen LogP contribution in [-0.4, -0.2) is 62.6 Å². The minimum atomic E-state index is -3.56. The largest absolute Gasteiger partial charge is 0.494 e. The molecule has 9 heteroatoms. The van der Waals surface area contributed by atoms with Gasteiger partial charge in [0.1, 0.15) is 11.9 Å². The lowest BCUT2D eigenvalue weighted by Gasteiger charge is -2.18. The number of rotatable bonds is 7. The van der Waals surface area contributed by atoms with Crippen molar-refractivity contribution in [3.05, 3.63) is 36.7 Å². The van der Waals surface area contributed by atoms with Gasteiger partial charge in [-0.3, -0.25) is 4.98 Å². The van der Waals surface area contributed by atoms with E-state index in [1.54, 1.807) is 30.5 Å². The SMILES string of the molecule is CCOc1ccc(S(=O)(=O)N2CCC(Oc3cncc(N(C)C)n3)C2)cc1. The second kappa shape index (κ2) is 8.10. The molecule has 1 atom stereocenters. The summed E-state index contributed by atoms with van der Waals surface area (Å²) in [6.45, 7) is 3.10. The number of anilines is 1. The molecule has 0 radical (unpaired) electrons. The fourth-order valence-electron chi connectivity index (χ4n) is 2.82. The first kappa shape index (κ1) is 19.4.